The molecule has 0 aliphatic rings. The van der Waals surface area contributed by atoms with Crippen molar-refractivity contribution in [1.82, 2.24) is 0 Å². The Bertz CT molecular complexity index is 1110. The van der Waals surface area contributed by atoms with E-state index in [1.165, 1.54) is 9.78 Å². The molecule has 0 aliphatic heterocycles. The molecular weight excluding hydrogens is 342 g/mol. The third kappa shape index (κ3) is 3.34. The van der Waals surface area contributed by atoms with Crippen molar-refractivity contribution in [3.05, 3.63) is 93.5 Å². The van der Waals surface area contributed by atoms with Gasteiger partial charge in [0.1, 0.15) is 18.7 Å². The van der Waals surface area contributed by atoms with E-state index in [2.05, 4.69) is 36.2 Å². The van der Waals surface area contributed by atoms with Crippen LogP contribution in [0.25, 0.3) is 21.7 Å². The third-order valence-corrected chi connectivity index (χ3v) is 5.47. The van der Waals surface area contributed by atoms with Gasteiger partial charge in [0.25, 0.3) is 0 Å². The van der Waals surface area contributed by atoms with Crippen LogP contribution in [0.5, 0.6) is 0 Å². The fourth-order valence-electron chi connectivity index (χ4n) is 3.50. The van der Waals surface area contributed by atoms with Crippen molar-refractivity contribution in [3.63, 3.8) is 0 Å². The summed E-state index contributed by atoms with van der Waals surface area (Å²) in [5.41, 5.74) is 1.39. The van der Waals surface area contributed by atoms with Crippen molar-refractivity contribution >= 4 is 33.1 Å². The summed E-state index contributed by atoms with van der Waals surface area (Å²) in [5.74, 6) is 0. The van der Waals surface area contributed by atoms with Crippen LogP contribution in [0.4, 0.5) is 0 Å². The summed E-state index contributed by atoms with van der Waals surface area (Å²) >= 11 is 1.76. The second kappa shape index (κ2) is 7.28. The smallest absolute Gasteiger partial charge is 0.336 e. The van der Waals surface area contributed by atoms with Gasteiger partial charge < -0.3 is 9.32 Å². The van der Waals surface area contributed by atoms with Crippen LogP contribution >= 0.6 is 11.3 Å². The second-order valence-electron chi connectivity index (χ2n) is 6.43. The lowest BCUT2D eigenvalue weighted by Crippen LogP contribution is -3.09. The Morgan fingerprint density at radius 2 is 1.96 bits per heavy atom. The molecule has 0 radical (unpaired) electrons. The first kappa shape index (κ1) is 16.8. The first-order valence-corrected chi connectivity index (χ1v) is 9.54. The zero-order valence-corrected chi connectivity index (χ0v) is 15.2. The maximum Gasteiger partial charge on any atom is 0.336 e. The highest BCUT2D eigenvalue weighted by Crippen LogP contribution is 2.27. The molecule has 130 valence electrons. The number of hydrogen-bond donors (Lipinski definition) is 1. The first-order valence-electron chi connectivity index (χ1n) is 8.66. The van der Waals surface area contributed by atoms with E-state index in [4.69, 9.17) is 4.42 Å². The fraction of sp³-hybridized carbons (Fsp3) is 0.136. The molecule has 0 fully saturated rings. The average Bonchev–Trinajstić information content (AvgIpc) is 3.14. The molecule has 4 rings (SSSR count). The number of fused-ring (bicyclic) bond motifs is 3. The third-order valence-electron chi connectivity index (χ3n) is 4.59. The maximum absolute atomic E-state index is 12.1. The first-order chi connectivity index (χ1) is 12.7. The summed E-state index contributed by atoms with van der Waals surface area (Å²) in [6.07, 6.45) is 1.94. The van der Waals surface area contributed by atoms with E-state index in [0.717, 1.165) is 41.4 Å². The summed E-state index contributed by atoms with van der Waals surface area (Å²) in [5, 5.41) is 5.41. The van der Waals surface area contributed by atoms with Crippen LogP contribution in [0.1, 0.15) is 10.4 Å². The highest BCUT2D eigenvalue weighted by atomic mass is 32.1. The van der Waals surface area contributed by atoms with Gasteiger partial charge in [-0.05, 0) is 34.4 Å². The minimum absolute atomic E-state index is 0.295. The Kier molecular flexibility index (Phi) is 4.69. The maximum atomic E-state index is 12.1. The molecule has 0 spiro atoms. The molecular formula is C22H20NO2S+. The van der Waals surface area contributed by atoms with Crippen molar-refractivity contribution in [1.29, 1.82) is 0 Å². The topological polar surface area (TPSA) is 34.7 Å². The minimum Gasteiger partial charge on any atom is -0.423 e. The highest BCUT2D eigenvalue weighted by molar-refractivity contribution is 7.09. The molecule has 1 atom stereocenters. The average molecular weight is 362 g/mol. The quantitative estimate of drug-likeness (QED) is 0.322. The molecule has 0 aliphatic carbocycles. The number of rotatable bonds is 6. The summed E-state index contributed by atoms with van der Waals surface area (Å²) in [6.45, 7) is 6.40. The normalized spacial score (nSPS) is 12.5. The Labute approximate surface area is 155 Å². The zero-order chi connectivity index (χ0) is 17.9. The molecule has 26 heavy (non-hydrogen) atoms. The SMILES string of the molecule is C=CC[NH+](Cc1cccs1)Cc1cc(=O)oc2ccc3ccccc3c12. The van der Waals surface area contributed by atoms with E-state index in [1.807, 2.05) is 30.3 Å². The van der Waals surface area contributed by atoms with Gasteiger partial charge in [-0.1, -0.05) is 43.0 Å². The van der Waals surface area contributed by atoms with Gasteiger partial charge in [0.2, 0.25) is 0 Å². The molecule has 0 saturated heterocycles. The van der Waals surface area contributed by atoms with Gasteiger partial charge in [-0.15, -0.1) is 11.3 Å². The molecule has 0 amide bonds. The zero-order valence-electron chi connectivity index (χ0n) is 14.4. The van der Waals surface area contributed by atoms with E-state index >= 15 is 0 Å². The van der Waals surface area contributed by atoms with E-state index in [0.29, 0.717) is 5.58 Å². The van der Waals surface area contributed by atoms with E-state index in [1.54, 1.807) is 17.4 Å². The summed E-state index contributed by atoms with van der Waals surface area (Å²) in [6, 6.07) is 18.0. The van der Waals surface area contributed by atoms with Crippen molar-refractivity contribution in [2.45, 2.75) is 13.1 Å². The largest absolute Gasteiger partial charge is 0.423 e. The molecule has 1 unspecified atom stereocenters. The van der Waals surface area contributed by atoms with Gasteiger partial charge in [0.15, 0.2) is 0 Å². The van der Waals surface area contributed by atoms with Crippen molar-refractivity contribution < 1.29 is 9.32 Å². The molecule has 4 heteroatoms. The van der Waals surface area contributed by atoms with E-state index in [-0.39, 0.29) is 5.63 Å². The Morgan fingerprint density at radius 3 is 2.77 bits per heavy atom. The molecule has 0 bridgehead atoms. The summed E-state index contributed by atoms with van der Waals surface area (Å²) in [7, 11) is 0. The van der Waals surface area contributed by atoms with Gasteiger partial charge in [0, 0.05) is 17.0 Å². The molecule has 0 saturated carbocycles. The molecule has 3 nitrogen and oxygen atoms in total. The molecule has 2 aromatic carbocycles. The van der Waals surface area contributed by atoms with Crippen LogP contribution in [0.3, 0.4) is 0 Å². The van der Waals surface area contributed by atoms with Crippen LogP contribution in [-0.2, 0) is 13.1 Å². The van der Waals surface area contributed by atoms with Crippen molar-refractivity contribution in [2.24, 2.45) is 0 Å². The molecule has 1 N–H and O–H groups in total. The van der Waals surface area contributed by atoms with Crippen LogP contribution in [0.15, 0.2) is 81.8 Å². The Morgan fingerprint density at radius 1 is 1.08 bits per heavy atom. The number of quaternary nitrogens is 1. The van der Waals surface area contributed by atoms with Gasteiger partial charge in [0.05, 0.1) is 11.4 Å². The van der Waals surface area contributed by atoms with Crippen LogP contribution in [0.2, 0.25) is 0 Å². The standard InChI is InChI=1S/C22H19NO2S/c1-2-11-23(15-18-7-5-12-26-18)14-17-13-21(24)25-20-10-9-16-6-3-4-8-19(16)22(17)20/h2-10,12-13H,1,11,14-15H2/p+1. The number of thiophene rings is 1. The second-order valence-corrected chi connectivity index (χ2v) is 7.46. The Balaban J connectivity index is 1.82. The van der Waals surface area contributed by atoms with Gasteiger partial charge in [-0.25, -0.2) is 4.79 Å². The monoisotopic (exact) mass is 362 g/mol. The molecule has 2 aromatic heterocycles. The van der Waals surface area contributed by atoms with Crippen LogP contribution in [0, 0.1) is 0 Å². The Hall–Kier alpha value is -2.69. The van der Waals surface area contributed by atoms with Gasteiger partial charge >= 0.3 is 5.63 Å². The lowest BCUT2D eigenvalue weighted by molar-refractivity contribution is -0.921. The molecule has 4 aromatic rings. The summed E-state index contributed by atoms with van der Waals surface area (Å²) < 4.78 is 5.47. The van der Waals surface area contributed by atoms with E-state index < -0.39 is 0 Å². The van der Waals surface area contributed by atoms with Gasteiger partial charge in [-0.3, -0.25) is 0 Å². The number of hydrogen-bond acceptors (Lipinski definition) is 3. The van der Waals surface area contributed by atoms with E-state index in [9.17, 15) is 4.79 Å². The van der Waals surface area contributed by atoms with Crippen LogP contribution < -0.4 is 10.5 Å². The lowest BCUT2D eigenvalue weighted by Gasteiger charge is -2.18. The van der Waals surface area contributed by atoms with Crippen LogP contribution in [-0.4, -0.2) is 6.54 Å². The fourth-order valence-corrected chi connectivity index (χ4v) is 4.28. The number of benzene rings is 2. The van der Waals surface area contributed by atoms with Crippen molar-refractivity contribution in [3.8, 4) is 0 Å². The molecule has 2 heterocycles. The number of nitrogens with one attached hydrogen (secondary N) is 1. The van der Waals surface area contributed by atoms with Gasteiger partial charge in [-0.2, -0.15) is 0 Å². The minimum atomic E-state index is -0.295. The predicted molar refractivity (Wildman–Crippen MR) is 108 cm³/mol. The highest BCUT2D eigenvalue weighted by Gasteiger charge is 2.16. The predicted octanol–water partition coefficient (Wildman–Crippen LogP) is 3.78. The summed E-state index contributed by atoms with van der Waals surface area (Å²) in [4.78, 5) is 14.8. The van der Waals surface area contributed by atoms with Crippen molar-refractivity contribution in [2.75, 3.05) is 6.54 Å². The lowest BCUT2D eigenvalue weighted by atomic mass is 10.0.